The smallest absolute Gasteiger partial charge is 0.324 e. The first kappa shape index (κ1) is 15.8. The lowest BCUT2D eigenvalue weighted by Gasteiger charge is -2.38. The molecule has 124 valence electrons. The molecule has 0 saturated carbocycles. The summed E-state index contributed by atoms with van der Waals surface area (Å²) in [7, 11) is 0. The Morgan fingerprint density at radius 2 is 1.92 bits per heavy atom. The van der Waals surface area contributed by atoms with Crippen LogP contribution in [-0.4, -0.2) is 39.7 Å². The van der Waals surface area contributed by atoms with Crippen LogP contribution in [0.1, 0.15) is 11.6 Å². The Hall–Kier alpha value is -3.09. The average Bonchev–Trinajstić information content (AvgIpc) is 2.95. The standard InChI is InChI=1S/C17H19N5O2/c1-3-16(23)21-10-14(11-21)22-9-8-15(20-22)19-17(24)18-13-6-4-12(2)5-7-13/h3-9,14H,1,10-11H2,2H3,(H2,18,19,20,24). The number of carbonyl (C=O) groups excluding carboxylic acids is 2. The molecule has 0 spiro atoms. The fraction of sp³-hybridized carbons (Fsp3) is 0.235. The summed E-state index contributed by atoms with van der Waals surface area (Å²) in [6.07, 6.45) is 3.10. The zero-order chi connectivity index (χ0) is 17.1. The third kappa shape index (κ3) is 3.45. The SMILES string of the molecule is C=CC(=O)N1CC(n2ccc(NC(=O)Nc3ccc(C)cc3)n2)C1. The van der Waals surface area contributed by atoms with Crippen molar-refractivity contribution in [1.29, 1.82) is 0 Å². The predicted molar refractivity (Wildman–Crippen MR) is 91.9 cm³/mol. The van der Waals surface area contributed by atoms with E-state index in [0.29, 0.717) is 18.9 Å². The van der Waals surface area contributed by atoms with Gasteiger partial charge in [0.1, 0.15) is 0 Å². The van der Waals surface area contributed by atoms with E-state index in [9.17, 15) is 9.59 Å². The van der Waals surface area contributed by atoms with E-state index in [1.165, 1.54) is 6.08 Å². The molecule has 1 saturated heterocycles. The number of benzene rings is 1. The van der Waals surface area contributed by atoms with Crippen molar-refractivity contribution in [3.63, 3.8) is 0 Å². The molecule has 2 N–H and O–H groups in total. The van der Waals surface area contributed by atoms with Crippen LogP contribution < -0.4 is 10.6 Å². The van der Waals surface area contributed by atoms with Gasteiger partial charge < -0.3 is 10.2 Å². The molecule has 24 heavy (non-hydrogen) atoms. The van der Waals surface area contributed by atoms with Gasteiger partial charge in [-0.2, -0.15) is 5.10 Å². The number of nitrogens with one attached hydrogen (secondary N) is 2. The van der Waals surface area contributed by atoms with E-state index in [1.807, 2.05) is 31.2 Å². The summed E-state index contributed by atoms with van der Waals surface area (Å²) in [5, 5.41) is 9.77. The molecule has 3 rings (SSSR count). The number of likely N-dealkylation sites (tertiary alicyclic amines) is 1. The van der Waals surface area contributed by atoms with Gasteiger partial charge in [-0.3, -0.25) is 14.8 Å². The van der Waals surface area contributed by atoms with E-state index >= 15 is 0 Å². The Labute approximate surface area is 140 Å². The molecular formula is C17H19N5O2. The van der Waals surface area contributed by atoms with Gasteiger partial charge in [-0.15, -0.1) is 0 Å². The highest BCUT2D eigenvalue weighted by molar-refractivity contribution is 5.99. The summed E-state index contributed by atoms with van der Waals surface area (Å²) in [5.41, 5.74) is 1.85. The van der Waals surface area contributed by atoms with Gasteiger partial charge in [0.2, 0.25) is 5.91 Å². The zero-order valence-electron chi connectivity index (χ0n) is 13.4. The van der Waals surface area contributed by atoms with Crippen molar-refractivity contribution in [2.45, 2.75) is 13.0 Å². The second-order valence-electron chi connectivity index (χ2n) is 5.73. The predicted octanol–water partition coefficient (Wildman–Crippen LogP) is 2.40. The molecule has 2 heterocycles. The second-order valence-corrected chi connectivity index (χ2v) is 5.73. The fourth-order valence-electron chi connectivity index (χ4n) is 2.46. The molecule has 7 heteroatoms. The number of aromatic nitrogens is 2. The number of rotatable bonds is 4. The molecular weight excluding hydrogens is 306 g/mol. The van der Waals surface area contributed by atoms with Gasteiger partial charge in [0.05, 0.1) is 6.04 Å². The number of aryl methyl sites for hydroxylation is 1. The van der Waals surface area contributed by atoms with Crippen LogP contribution in [0.2, 0.25) is 0 Å². The zero-order valence-corrected chi connectivity index (χ0v) is 13.4. The molecule has 0 bridgehead atoms. The van der Waals surface area contributed by atoms with Crippen LogP contribution in [0.5, 0.6) is 0 Å². The van der Waals surface area contributed by atoms with Gasteiger partial charge in [0, 0.05) is 31.0 Å². The monoisotopic (exact) mass is 325 g/mol. The number of urea groups is 1. The van der Waals surface area contributed by atoms with Crippen LogP contribution in [0.15, 0.2) is 49.2 Å². The second kappa shape index (κ2) is 6.57. The normalized spacial score (nSPS) is 14.0. The average molecular weight is 325 g/mol. The van der Waals surface area contributed by atoms with E-state index < -0.39 is 0 Å². The van der Waals surface area contributed by atoms with Crippen molar-refractivity contribution in [1.82, 2.24) is 14.7 Å². The number of anilines is 2. The molecule has 1 aliphatic rings. The molecule has 1 aliphatic heterocycles. The number of carbonyl (C=O) groups is 2. The third-order valence-electron chi connectivity index (χ3n) is 3.88. The van der Waals surface area contributed by atoms with Gasteiger partial charge in [-0.1, -0.05) is 24.3 Å². The molecule has 2 aromatic rings. The quantitative estimate of drug-likeness (QED) is 0.847. The van der Waals surface area contributed by atoms with Crippen molar-refractivity contribution in [3.05, 3.63) is 54.7 Å². The molecule has 0 aliphatic carbocycles. The number of hydrogen-bond acceptors (Lipinski definition) is 3. The maximum absolute atomic E-state index is 12.0. The topological polar surface area (TPSA) is 79.3 Å². The summed E-state index contributed by atoms with van der Waals surface area (Å²) in [4.78, 5) is 25.1. The molecule has 3 amide bonds. The fourth-order valence-corrected chi connectivity index (χ4v) is 2.46. The Morgan fingerprint density at radius 1 is 1.21 bits per heavy atom. The minimum absolute atomic E-state index is 0.0748. The Balaban J connectivity index is 1.53. The minimum atomic E-state index is -0.346. The van der Waals surface area contributed by atoms with Gasteiger partial charge in [0.15, 0.2) is 5.82 Å². The van der Waals surface area contributed by atoms with E-state index in [1.54, 1.807) is 21.8 Å². The van der Waals surface area contributed by atoms with Gasteiger partial charge in [-0.05, 0) is 25.1 Å². The maximum Gasteiger partial charge on any atom is 0.324 e. The van der Waals surface area contributed by atoms with Crippen LogP contribution in [0, 0.1) is 6.92 Å². The molecule has 1 fully saturated rings. The van der Waals surface area contributed by atoms with E-state index in [2.05, 4.69) is 22.3 Å². The lowest BCUT2D eigenvalue weighted by atomic mass is 10.1. The van der Waals surface area contributed by atoms with E-state index in [4.69, 9.17) is 0 Å². The summed E-state index contributed by atoms with van der Waals surface area (Å²) in [6.45, 7) is 6.65. The number of hydrogen-bond donors (Lipinski definition) is 2. The highest BCUT2D eigenvalue weighted by atomic mass is 16.2. The maximum atomic E-state index is 12.0. The van der Waals surface area contributed by atoms with Crippen LogP contribution >= 0.6 is 0 Å². The summed E-state index contributed by atoms with van der Waals surface area (Å²) >= 11 is 0. The lowest BCUT2D eigenvalue weighted by molar-refractivity contribution is -0.131. The number of amides is 3. The first-order valence-corrected chi connectivity index (χ1v) is 7.66. The van der Waals surface area contributed by atoms with E-state index in [-0.39, 0.29) is 18.0 Å². The van der Waals surface area contributed by atoms with Crippen molar-refractivity contribution >= 4 is 23.4 Å². The summed E-state index contributed by atoms with van der Waals surface area (Å²) < 4.78 is 1.76. The van der Waals surface area contributed by atoms with Crippen LogP contribution in [0.3, 0.4) is 0 Å². The van der Waals surface area contributed by atoms with Crippen molar-refractivity contribution in [2.75, 3.05) is 23.7 Å². The largest absolute Gasteiger partial charge is 0.335 e. The first-order valence-electron chi connectivity index (χ1n) is 7.66. The lowest BCUT2D eigenvalue weighted by Crippen LogP contribution is -2.50. The molecule has 0 atom stereocenters. The van der Waals surface area contributed by atoms with E-state index in [0.717, 1.165) is 11.3 Å². The minimum Gasteiger partial charge on any atom is -0.335 e. The van der Waals surface area contributed by atoms with Crippen molar-refractivity contribution < 1.29 is 9.59 Å². The van der Waals surface area contributed by atoms with Crippen LogP contribution in [0.25, 0.3) is 0 Å². The van der Waals surface area contributed by atoms with Crippen molar-refractivity contribution in [2.24, 2.45) is 0 Å². The molecule has 0 radical (unpaired) electrons. The molecule has 0 unspecified atom stereocenters. The van der Waals surface area contributed by atoms with Gasteiger partial charge >= 0.3 is 6.03 Å². The first-order chi connectivity index (χ1) is 11.5. The van der Waals surface area contributed by atoms with Crippen LogP contribution in [0.4, 0.5) is 16.3 Å². The highest BCUT2D eigenvalue weighted by Crippen LogP contribution is 2.21. The molecule has 1 aromatic heterocycles. The van der Waals surface area contributed by atoms with Crippen molar-refractivity contribution in [3.8, 4) is 0 Å². The molecule has 1 aromatic carbocycles. The number of nitrogens with zero attached hydrogens (tertiary/aromatic N) is 3. The molecule has 7 nitrogen and oxygen atoms in total. The summed E-state index contributed by atoms with van der Waals surface area (Å²) in [6, 6.07) is 9.05. The van der Waals surface area contributed by atoms with Crippen LogP contribution in [-0.2, 0) is 4.79 Å². The Kier molecular flexibility index (Phi) is 4.33. The van der Waals surface area contributed by atoms with Gasteiger partial charge in [0.25, 0.3) is 0 Å². The Bertz CT molecular complexity index is 760. The van der Waals surface area contributed by atoms with Gasteiger partial charge in [-0.25, -0.2) is 4.79 Å². The summed E-state index contributed by atoms with van der Waals surface area (Å²) in [5.74, 6) is 0.391. The highest BCUT2D eigenvalue weighted by Gasteiger charge is 2.31. The Morgan fingerprint density at radius 3 is 2.58 bits per heavy atom. The third-order valence-corrected chi connectivity index (χ3v) is 3.88.